The highest BCUT2D eigenvalue weighted by atomic mass is 32.2. The zero-order valence-corrected chi connectivity index (χ0v) is 25.2. The van der Waals surface area contributed by atoms with Crippen molar-refractivity contribution >= 4 is 33.7 Å². The van der Waals surface area contributed by atoms with Crippen molar-refractivity contribution in [2.75, 3.05) is 23.8 Å². The second kappa shape index (κ2) is 11.8. The first-order valence-electron chi connectivity index (χ1n) is 14.6. The average Bonchev–Trinajstić information content (AvgIpc) is 3.55. The number of hydrogen-bond donors (Lipinski definition) is 3. The van der Waals surface area contributed by atoms with Crippen LogP contribution in [0.5, 0.6) is 0 Å². The Hall–Kier alpha value is -5.45. The molecule has 3 N–H and O–H groups in total. The number of amides is 2. The van der Waals surface area contributed by atoms with Crippen LogP contribution in [0, 0.1) is 0 Å². The number of ether oxygens (including phenoxy) is 2. The molecule has 0 saturated heterocycles. The molecular formula is C36H28N2O7S. The Morgan fingerprint density at radius 3 is 1.33 bits per heavy atom. The van der Waals surface area contributed by atoms with E-state index in [9.17, 15) is 22.6 Å². The van der Waals surface area contributed by atoms with Crippen LogP contribution in [0.3, 0.4) is 0 Å². The highest BCUT2D eigenvalue weighted by Crippen LogP contribution is 2.45. The van der Waals surface area contributed by atoms with Crippen LogP contribution >= 0.6 is 0 Å². The number of benzene rings is 5. The molecule has 2 aliphatic rings. The van der Waals surface area contributed by atoms with Gasteiger partial charge in [0, 0.05) is 11.8 Å². The van der Waals surface area contributed by atoms with Gasteiger partial charge in [0.05, 0.1) is 16.3 Å². The Morgan fingerprint density at radius 2 is 0.935 bits per heavy atom. The van der Waals surface area contributed by atoms with Crippen LogP contribution in [0.4, 0.5) is 21.0 Å². The average molecular weight is 633 g/mol. The lowest BCUT2D eigenvalue weighted by atomic mass is 9.98. The molecule has 230 valence electrons. The molecule has 7 rings (SSSR count). The minimum absolute atomic E-state index is 0.0208. The van der Waals surface area contributed by atoms with E-state index in [2.05, 4.69) is 10.6 Å². The van der Waals surface area contributed by atoms with E-state index < -0.39 is 27.2 Å². The lowest BCUT2D eigenvalue weighted by Gasteiger charge is -2.17. The first kappa shape index (κ1) is 29.3. The molecule has 10 heteroatoms. The summed E-state index contributed by atoms with van der Waals surface area (Å²) < 4.78 is 44.6. The molecule has 0 radical (unpaired) electrons. The molecule has 9 nitrogen and oxygen atoms in total. The third-order valence-corrected chi connectivity index (χ3v) is 9.30. The van der Waals surface area contributed by atoms with E-state index in [0.717, 1.165) is 56.6 Å². The SMILES string of the molecule is O=C(Nc1ccc(S(=O)(=O)O)cc1NC(=O)OCC1c2ccccc2-c2ccccc21)OCC1c2ccccc2-c2ccccc21. The summed E-state index contributed by atoms with van der Waals surface area (Å²) in [6.07, 6.45) is -1.68. The predicted octanol–water partition coefficient (Wildman–Crippen LogP) is 7.66. The Bertz CT molecular complexity index is 2020. The number of fused-ring (bicyclic) bond motifs is 6. The van der Waals surface area contributed by atoms with Gasteiger partial charge >= 0.3 is 12.2 Å². The number of carbonyl (C=O) groups is 2. The van der Waals surface area contributed by atoms with Crippen LogP contribution in [-0.2, 0) is 19.6 Å². The molecule has 0 fully saturated rings. The monoisotopic (exact) mass is 632 g/mol. The zero-order chi connectivity index (χ0) is 31.8. The van der Waals surface area contributed by atoms with Gasteiger partial charge in [-0.3, -0.25) is 15.2 Å². The third-order valence-electron chi connectivity index (χ3n) is 8.45. The highest BCUT2D eigenvalue weighted by molar-refractivity contribution is 7.85. The Balaban J connectivity index is 1.06. The van der Waals surface area contributed by atoms with Crippen molar-refractivity contribution in [1.29, 1.82) is 0 Å². The van der Waals surface area contributed by atoms with Crippen molar-refractivity contribution < 1.29 is 32.0 Å². The lowest BCUT2D eigenvalue weighted by Crippen LogP contribution is -2.21. The molecule has 0 heterocycles. The van der Waals surface area contributed by atoms with Gasteiger partial charge in [-0.05, 0) is 62.7 Å². The van der Waals surface area contributed by atoms with Crippen LogP contribution in [0.15, 0.2) is 120 Å². The molecular weight excluding hydrogens is 604 g/mol. The topological polar surface area (TPSA) is 131 Å². The van der Waals surface area contributed by atoms with E-state index in [-0.39, 0.29) is 36.4 Å². The quantitative estimate of drug-likeness (QED) is 0.157. The van der Waals surface area contributed by atoms with E-state index in [1.165, 1.54) is 6.07 Å². The van der Waals surface area contributed by atoms with Crippen molar-refractivity contribution in [3.63, 3.8) is 0 Å². The Kier molecular flexibility index (Phi) is 7.51. The summed E-state index contributed by atoms with van der Waals surface area (Å²) in [7, 11) is -4.61. The second-order valence-corrected chi connectivity index (χ2v) is 12.5. The van der Waals surface area contributed by atoms with Gasteiger partial charge in [-0.25, -0.2) is 9.59 Å². The minimum atomic E-state index is -4.61. The fourth-order valence-electron chi connectivity index (χ4n) is 6.39. The van der Waals surface area contributed by atoms with Gasteiger partial charge in [0.15, 0.2) is 0 Å². The predicted molar refractivity (Wildman–Crippen MR) is 174 cm³/mol. The molecule has 0 spiro atoms. The van der Waals surface area contributed by atoms with Gasteiger partial charge in [-0.2, -0.15) is 8.42 Å². The van der Waals surface area contributed by atoms with Crippen molar-refractivity contribution in [3.05, 3.63) is 138 Å². The van der Waals surface area contributed by atoms with Crippen LogP contribution in [-0.4, -0.2) is 38.4 Å². The summed E-state index contributed by atoms with van der Waals surface area (Å²) in [4.78, 5) is 25.6. The summed E-state index contributed by atoms with van der Waals surface area (Å²) in [5.74, 6) is -0.362. The maximum absolute atomic E-state index is 13.0. The molecule has 5 aromatic carbocycles. The van der Waals surface area contributed by atoms with Gasteiger partial charge < -0.3 is 9.47 Å². The number of nitrogens with one attached hydrogen (secondary N) is 2. The van der Waals surface area contributed by atoms with Crippen LogP contribution in [0.2, 0.25) is 0 Å². The maximum Gasteiger partial charge on any atom is 0.411 e. The maximum atomic E-state index is 13.0. The minimum Gasteiger partial charge on any atom is -0.448 e. The fourth-order valence-corrected chi connectivity index (χ4v) is 6.89. The van der Waals surface area contributed by atoms with Crippen LogP contribution in [0.1, 0.15) is 34.1 Å². The van der Waals surface area contributed by atoms with Crippen molar-refractivity contribution in [3.8, 4) is 22.3 Å². The summed E-state index contributed by atoms with van der Waals surface area (Å²) in [5, 5.41) is 5.10. The molecule has 0 bridgehead atoms. The summed E-state index contributed by atoms with van der Waals surface area (Å²) >= 11 is 0. The van der Waals surface area contributed by atoms with E-state index in [4.69, 9.17) is 9.47 Å². The third kappa shape index (κ3) is 5.48. The van der Waals surface area contributed by atoms with Crippen molar-refractivity contribution in [1.82, 2.24) is 0 Å². The van der Waals surface area contributed by atoms with Gasteiger partial charge in [-0.15, -0.1) is 0 Å². The summed E-state index contributed by atoms with van der Waals surface area (Å²) in [5.41, 5.74) is 8.43. The van der Waals surface area contributed by atoms with Crippen molar-refractivity contribution in [2.24, 2.45) is 0 Å². The molecule has 0 atom stereocenters. The first-order valence-corrected chi connectivity index (χ1v) is 16.1. The number of rotatable bonds is 7. The van der Waals surface area contributed by atoms with Crippen LogP contribution in [0.25, 0.3) is 22.3 Å². The largest absolute Gasteiger partial charge is 0.448 e. The standard InChI is InChI=1S/C36H28N2O7S/c39-35(44-20-31-27-13-5-1-9-23(27)24-10-2-6-14-28(24)31)37-33-18-17-22(46(41,42)43)19-34(33)38-36(40)45-21-32-29-15-7-3-11-25(29)26-12-4-8-16-30(26)32/h1-19,31-32H,20-21H2,(H,37,39)(H,38,40)(H,41,42,43). The molecule has 2 aliphatic carbocycles. The van der Waals surface area contributed by atoms with Gasteiger partial charge in [-0.1, -0.05) is 97.1 Å². The van der Waals surface area contributed by atoms with Gasteiger partial charge in [0.25, 0.3) is 10.1 Å². The Morgan fingerprint density at radius 1 is 0.565 bits per heavy atom. The van der Waals surface area contributed by atoms with Crippen molar-refractivity contribution in [2.45, 2.75) is 16.7 Å². The second-order valence-electron chi connectivity index (χ2n) is 11.1. The fraction of sp³-hybridized carbons (Fsp3) is 0.111. The number of carbonyl (C=O) groups excluding carboxylic acids is 2. The smallest absolute Gasteiger partial charge is 0.411 e. The molecule has 0 aliphatic heterocycles. The molecule has 0 saturated carbocycles. The number of hydrogen-bond acceptors (Lipinski definition) is 6. The highest BCUT2D eigenvalue weighted by Gasteiger charge is 2.30. The molecule has 2 amide bonds. The van der Waals surface area contributed by atoms with E-state index in [0.29, 0.717) is 0 Å². The Labute approximate surface area is 265 Å². The van der Waals surface area contributed by atoms with Gasteiger partial charge in [0.2, 0.25) is 0 Å². The van der Waals surface area contributed by atoms with Crippen LogP contribution < -0.4 is 10.6 Å². The zero-order valence-electron chi connectivity index (χ0n) is 24.3. The van der Waals surface area contributed by atoms with E-state index in [1.54, 1.807) is 0 Å². The normalized spacial score (nSPS) is 13.2. The summed E-state index contributed by atoms with van der Waals surface area (Å²) in [6.45, 7) is 0.0745. The van der Waals surface area contributed by atoms with E-state index in [1.807, 2.05) is 97.1 Å². The summed E-state index contributed by atoms with van der Waals surface area (Å²) in [6, 6.07) is 35.1. The van der Waals surface area contributed by atoms with Gasteiger partial charge in [0.1, 0.15) is 13.2 Å². The molecule has 0 unspecified atom stereocenters. The molecule has 0 aromatic heterocycles. The molecule has 46 heavy (non-hydrogen) atoms. The number of anilines is 2. The lowest BCUT2D eigenvalue weighted by molar-refractivity contribution is 0.157. The molecule has 5 aromatic rings. The van der Waals surface area contributed by atoms with E-state index >= 15 is 0 Å². The first-order chi connectivity index (χ1) is 22.3.